The van der Waals surface area contributed by atoms with Gasteiger partial charge in [0, 0.05) is 123 Å². The summed E-state index contributed by atoms with van der Waals surface area (Å²) >= 11 is 1.42. The molecule has 256 valence electrons. The number of aliphatic hydroxyl groups excluding tert-OH is 1. The molecular formula is C31H43Ac2O12PS. The molecule has 12 nitrogen and oxygen atoms in total. The quantitative estimate of drug-likeness (QED) is 0.111. The van der Waals surface area contributed by atoms with E-state index in [1.54, 1.807) is 34.6 Å². The number of fused-ring (bicyclic) bond motifs is 5. The molecule has 0 aromatic carbocycles. The summed E-state index contributed by atoms with van der Waals surface area (Å²) in [5.74, 6) is -4.57. The average Bonchev–Trinajstić information content (AvgIpc) is 3.49. The number of carbonyl (C=O) groups excluding carboxylic acids is 2. The fraction of sp³-hybridized carbons (Fsp3) is 0.710. The summed E-state index contributed by atoms with van der Waals surface area (Å²) < 4.78 is 33.3. The van der Waals surface area contributed by atoms with Gasteiger partial charge in [0.2, 0.25) is 0 Å². The smallest absolute Gasteiger partial charge is 0.457 e. The third-order valence-electron chi connectivity index (χ3n) is 11.4. The molecule has 2 bridgehead atoms. The number of hydrogen-bond acceptors (Lipinski definition) is 11. The number of phosphoric ester groups is 1. The van der Waals surface area contributed by atoms with E-state index in [9.17, 15) is 39.3 Å². The van der Waals surface area contributed by atoms with E-state index in [4.69, 9.17) is 21.1 Å². The zero-order valence-electron chi connectivity index (χ0n) is 27.4. The van der Waals surface area contributed by atoms with Gasteiger partial charge >= 0.3 is 13.8 Å². The van der Waals surface area contributed by atoms with Crippen LogP contribution in [0.25, 0.3) is 0 Å². The molecule has 4 radical (unpaired) electrons. The van der Waals surface area contributed by atoms with E-state index in [1.807, 2.05) is 17.5 Å². The van der Waals surface area contributed by atoms with E-state index >= 15 is 0 Å². The van der Waals surface area contributed by atoms with Gasteiger partial charge in [-0.15, -0.1) is 11.3 Å². The molecule has 1 aliphatic heterocycles. The normalized spacial score (nSPS) is 39.0. The van der Waals surface area contributed by atoms with E-state index in [1.165, 1.54) is 18.3 Å². The summed E-state index contributed by atoms with van der Waals surface area (Å²) in [6.07, 6.45) is -4.85. The van der Waals surface area contributed by atoms with Crippen LogP contribution in [0.4, 0.5) is 0 Å². The first kappa shape index (κ1) is 42.8. The molecule has 5 N–H and O–H groups in total. The van der Waals surface area contributed by atoms with Crippen LogP contribution in [0.15, 0.2) is 28.7 Å². The van der Waals surface area contributed by atoms with Crippen molar-refractivity contribution in [1.29, 1.82) is 0 Å². The number of phosphoric acid groups is 1. The molecule has 0 amide bonds. The first-order chi connectivity index (χ1) is 20.7. The Hall–Kier alpha value is 1.37. The molecule has 4 aliphatic rings. The molecule has 5 rings (SSSR count). The first-order valence-electron chi connectivity index (χ1n) is 15.0. The fourth-order valence-electron chi connectivity index (χ4n) is 8.64. The van der Waals surface area contributed by atoms with Crippen LogP contribution in [-0.2, 0) is 32.9 Å². The summed E-state index contributed by atoms with van der Waals surface area (Å²) in [6, 6.07) is 3.67. The van der Waals surface area contributed by atoms with Crippen LogP contribution in [0.1, 0.15) is 65.2 Å². The Morgan fingerprint density at radius 1 is 1.23 bits per heavy atom. The van der Waals surface area contributed by atoms with Crippen molar-refractivity contribution >= 4 is 30.9 Å². The summed E-state index contributed by atoms with van der Waals surface area (Å²) in [5.41, 5.74) is -5.59. The number of ketones is 1. The number of esters is 1. The average molecular weight is 1120 g/mol. The SMILES string of the molecule is [Ac].[Ac].[CH][C@@H](c1cccs1)[C@@H](C)C(=O)OC1CC2(O)[C@@H](C)C3C4(O)COC4CC(OCOP(=O)(O)O)[C@@]3(C)C(=O)C(O)C(=C1C)C2(C)C. The van der Waals surface area contributed by atoms with Gasteiger partial charge < -0.3 is 39.3 Å². The topological polar surface area (TPSA) is 189 Å². The van der Waals surface area contributed by atoms with Gasteiger partial charge in [0.25, 0.3) is 0 Å². The number of carbonyl (C=O) groups is 2. The molecule has 2 saturated carbocycles. The van der Waals surface area contributed by atoms with Gasteiger partial charge in [-0.2, -0.15) is 0 Å². The predicted molar refractivity (Wildman–Crippen MR) is 160 cm³/mol. The van der Waals surface area contributed by atoms with E-state index in [2.05, 4.69) is 4.52 Å². The second-order valence-electron chi connectivity index (χ2n) is 13.8. The minimum Gasteiger partial charge on any atom is -0.457 e. The fourth-order valence-corrected chi connectivity index (χ4v) is 9.67. The van der Waals surface area contributed by atoms with E-state index in [0.29, 0.717) is 5.57 Å². The molecule has 47 heavy (non-hydrogen) atoms. The van der Waals surface area contributed by atoms with E-state index < -0.39 is 96.5 Å². The van der Waals surface area contributed by atoms with E-state index in [0.717, 1.165) is 4.88 Å². The molecular weight excluding hydrogens is 1080 g/mol. The number of Topliss-reactive ketones (excluding diaryl/α,β-unsaturated/α-hetero) is 1. The predicted octanol–water partition coefficient (Wildman–Crippen LogP) is 2.76. The van der Waals surface area contributed by atoms with Gasteiger partial charge in [0.05, 0.1) is 35.7 Å². The Kier molecular flexibility index (Phi) is 13.7. The molecule has 3 aliphatic carbocycles. The van der Waals surface area contributed by atoms with Crippen molar-refractivity contribution in [1.82, 2.24) is 0 Å². The Morgan fingerprint density at radius 3 is 2.40 bits per heavy atom. The van der Waals surface area contributed by atoms with Crippen molar-refractivity contribution in [2.24, 2.45) is 28.6 Å². The van der Waals surface area contributed by atoms with Gasteiger partial charge in [-0.3, -0.25) is 14.1 Å². The summed E-state index contributed by atoms with van der Waals surface area (Å²) in [5, 5.41) is 38.6. The van der Waals surface area contributed by atoms with Crippen molar-refractivity contribution in [3.63, 3.8) is 0 Å². The third kappa shape index (κ3) is 7.08. The zero-order chi connectivity index (χ0) is 33.5. The maximum atomic E-state index is 14.6. The van der Waals surface area contributed by atoms with Crippen LogP contribution in [0.2, 0.25) is 0 Å². The molecule has 2 heterocycles. The Balaban J connectivity index is 0.00000300. The minimum absolute atomic E-state index is 0. The number of aliphatic hydroxyl groups is 3. The zero-order valence-corrected chi connectivity index (χ0v) is 38.6. The minimum atomic E-state index is -4.91. The second kappa shape index (κ2) is 15.0. The maximum Gasteiger partial charge on any atom is 0.471 e. The van der Waals surface area contributed by atoms with Crippen LogP contribution >= 0.6 is 19.2 Å². The number of ether oxygens (including phenoxy) is 3. The second-order valence-corrected chi connectivity index (χ2v) is 16.1. The van der Waals surface area contributed by atoms with Crippen LogP contribution in [0.5, 0.6) is 0 Å². The van der Waals surface area contributed by atoms with Crippen LogP contribution in [-0.4, -0.2) is 85.9 Å². The molecule has 0 spiro atoms. The summed E-state index contributed by atoms with van der Waals surface area (Å²) in [7, 11) is -4.91. The maximum absolute atomic E-state index is 14.6. The Labute approximate surface area is 351 Å². The summed E-state index contributed by atoms with van der Waals surface area (Å²) in [6.45, 7) is 15.4. The van der Waals surface area contributed by atoms with Crippen LogP contribution < -0.4 is 0 Å². The van der Waals surface area contributed by atoms with Crippen molar-refractivity contribution in [2.75, 3.05) is 13.4 Å². The van der Waals surface area contributed by atoms with Crippen LogP contribution in [0, 0.1) is 124 Å². The molecule has 1 aromatic rings. The molecule has 11 atom stereocenters. The standard InChI is InChI=1S/C31H43O12PS.2Ac/c1-15(20-9-8-10-45-20)16(2)27(34)43-19-12-31(36)18(4)25-29(7,26(33)24(32)23(17(19)3)28(31,5)6)21(41-14-42-44(37,38)39)11-22-30(25,35)13-40-22;;/h1,8-10,15-16,18-19,21-22,24-25,32,35-36H,11-14H2,2-7H3,(H2,37,38,39);;/t15-,16-,18+,19?,21?,22?,24?,25?,29-,30?,31?;;/m1../s1. The molecule has 7 unspecified atom stereocenters. The molecule has 1 saturated heterocycles. The van der Waals surface area contributed by atoms with Crippen LogP contribution in [0.3, 0.4) is 0 Å². The van der Waals surface area contributed by atoms with Crippen molar-refractivity contribution < 1.29 is 146 Å². The molecule has 16 heteroatoms. The Morgan fingerprint density at radius 2 is 1.87 bits per heavy atom. The van der Waals surface area contributed by atoms with E-state index in [-0.39, 0.29) is 113 Å². The van der Waals surface area contributed by atoms with Gasteiger partial charge in [-0.25, -0.2) is 4.57 Å². The van der Waals surface area contributed by atoms with Gasteiger partial charge in [0.1, 0.15) is 17.8 Å². The van der Waals surface area contributed by atoms with Gasteiger partial charge in [0.15, 0.2) is 12.6 Å². The van der Waals surface area contributed by atoms with Gasteiger partial charge in [-0.1, -0.05) is 33.8 Å². The van der Waals surface area contributed by atoms with Gasteiger partial charge in [-0.05, 0) is 49.3 Å². The monoisotopic (exact) mass is 1120 g/mol. The number of rotatable bonds is 8. The number of hydrogen-bond donors (Lipinski definition) is 5. The summed E-state index contributed by atoms with van der Waals surface area (Å²) in [4.78, 5) is 47.2. The third-order valence-corrected chi connectivity index (χ3v) is 12.8. The number of thiophene rings is 1. The molecule has 3 fully saturated rings. The Bertz CT molecular complexity index is 1420. The molecule has 1 aromatic heterocycles. The van der Waals surface area contributed by atoms with Crippen molar-refractivity contribution in [3.8, 4) is 0 Å². The van der Waals surface area contributed by atoms with Crippen molar-refractivity contribution in [2.45, 2.75) is 95.9 Å². The largest absolute Gasteiger partial charge is 0.471 e. The van der Waals surface area contributed by atoms with Crippen molar-refractivity contribution in [3.05, 3.63) is 40.5 Å². The first-order valence-corrected chi connectivity index (χ1v) is 17.4.